The molecule has 1 fully saturated rings. The van der Waals surface area contributed by atoms with Gasteiger partial charge in [0.2, 0.25) is 0 Å². The number of nitrogens with zero attached hydrogens (tertiary/aromatic N) is 1. The van der Waals surface area contributed by atoms with Crippen molar-refractivity contribution in [3.8, 4) is 5.75 Å². The van der Waals surface area contributed by atoms with Crippen LogP contribution in [0.1, 0.15) is 24.4 Å². The third-order valence-corrected chi connectivity index (χ3v) is 3.25. The minimum absolute atomic E-state index is 0.333. The van der Waals surface area contributed by atoms with Crippen molar-refractivity contribution in [2.75, 3.05) is 6.54 Å². The maximum Gasteiger partial charge on any atom is 0.116 e. The van der Waals surface area contributed by atoms with Crippen LogP contribution < -0.4 is 5.73 Å². The van der Waals surface area contributed by atoms with E-state index in [9.17, 15) is 5.11 Å². The van der Waals surface area contributed by atoms with Crippen LogP contribution in [0.15, 0.2) is 24.4 Å². The zero-order valence-electron chi connectivity index (χ0n) is 9.19. The van der Waals surface area contributed by atoms with E-state index in [1.54, 1.807) is 6.07 Å². The normalized spacial score (nSPS) is 15.8. The highest BCUT2D eigenvalue weighted by molar-refractivity contribution is 5.85. The predicted molar refractivity (Wildman–Crippen MR) is 64.6 cm³/mol. The van der Waals surface area contributed by atoms with Crippen molar-refractivity contribution in [3.05, 3.63) is 30.0 Å². The Morgan fingerprint density at radius 1 is 1.38 bits per heavy atom. The first-order valence-electron chi connectivity index (χ1n) is 5.82. The highest BCUT2D eigenvalue weighted by atomic mass is 16.3. The lowest BCUT2D eigenvalue weighted by molar-refractivity contribution is 0.476. The van der Waals surface area contributed by atoms with Crippen molar-refractivity contribution in [1.29, 1.82) is 0 Å². The van der Waals surface area contributed by atoms with Crippen molar-refractivity contribution in [1.82, 2.24) is 4.57 Å². The first-order chi connectivity index (χ1) is 7.79. The number of phenolic OH excluding ortho intramolecular Hbond substituents is 1. The van der Waals surface area contributed by atoms with Crippen LogP contribution in [0.4, 0.5) is 0 Å². The standard InChI is InChI=1S/C13H16N2O/c14-6-5-9-8-15(10-1-2-10)13-4-3-11(16)7-12(9)13/h3-4,7-8,10,16H,1-2,5-6,14H2. The fourth-order valence-corrected chi connectivity index (χ4v) is 2.32. The van der Waals surface area contributed by atoms with E-state index < -0.39 is 0 Å². The molecule has 0 spiro atoms. The molecule has 1 aliphatic carbocycles. The van der Waals surface area contributed by atoms with Gasteiger partial charge in [0.1, 0.15) is 5.75 Å². The van der Waals surface area contributed by atoms with Crippen molar-refractivity contribution in [3.63, 3.8) is 0 Å². The monoisotopic (exact) mass is 216 g/mol. The molecule has 16 heavy (non-hydrogen) atoms. The number of phenols is 1. The molecule has 1 aliphatic rings. The van der Waals surface area contributed by atoms with Gasteiger partial charge < -0.3 is 15.4 Å². The lowest BCUT2D eigenvalue weighted by Gasteiger charge is -2.01. The lowest BCUT2D eigenvalue weighted by atomic mass is 10.1. The molecule has 3 heteroatoms. The molecule has 0 amide bonds. The number of fused-ring (bicyclic) bond motifs is 1. The zero-order valence-corrected chi connectivity index (χ0v) is 9.19. The van der Waals surface area contributed by atoms with Gasteiger partial charge >= 0.3 is 0 Å². The van der Waals surface area contributed by atoms with Gasteiger partial charge in [-0.15, -0.1) is 0 Å². The molecule has 1 aromatic heterocycles. The maximum absolute atomic E-state index is 9.55. The molecule has 2 aromatic rings. The number of benzene rings is 1. The summed E-state index contributed by atoms with van der Waals surface area (Å²) in [5.74, 6) is 0.333. The predicted octanol–water partition coefficient (Wildman–Crippen LogP) is 2.18. The summed E-state index contributed by atoms with van der Waals surface area (Å²) in [6.07, 6.45) is 5.62. The number of hydrogen-bond donors (Lipinski definition) is 2. The molecule has 3 rings (SSSR count). The summed E-state index contributed by atoms with van der Waals surface area (Å²) >= 11 is 0. The molecule has 3 nitrogen and oxygen atoms in total. The van der Waals surface area contributed by atoms with Crippen LogP contribution in [0, 0.1) is 0 Å². The summed E-state index contributed by atoms with van der Waals surface area (Å²) < 4.78 is 2.33. The Labute approximate surface area is 94.5 Å². The van der Waals surface area contributed by atoms with Crippen LogP contribution in [0.5, 0.6) is 5.75 Å². The third-order valence-electron chi connectivity index (χ3n) is 3.25. The van der Waals surface area contributed by atoms with E-state index in [1.165, 1.54) is 23.9 Å². The van der Waals surface area contributed by atoms with Crippen molar-refractivity contribution in [2.24, 2.45) is 5.73 Å². The van der Waals surface area contributed by atoms with Crippen molar-refractivity contribution >= 4 is 10.9 Å². The molecule has 0 aliphatic heterocycles. The largest absolute Gasteiger partial charge is 0.508 e. The van der Waals surface area contributed by atoms with E-state index in [2.05, 4.69) is 10.8 Å². The second-order valence-corrected chi connectivity index (χ2v) is 4.53. The molecule has 0 bridgehead atoms. The van der Waals surface area contributed by atoms with Gasteiger partial charge in [0.25, 0.3) is 0 Å². The van der Waals surface area contributed by atoms with Gasteiger partial charge in [-0.1, -0.05) is 0 Å². The van der Waals surface area contributed by atoms with E-state index in [-0.39, 0.29) is 0 Å². The Hall–Kier alpha value is -1.48. The first kappa shape index (κ1) is 9.73. The van der Waals surface area contributed by atoms with Gasteiger partial charge in [-0.3, -0.25) is 0 Å². The SMILES string of the molecule is NCCc1cn(C2CC2)c2ccc(O)cc12. The number of nitrogens with two attached hydrogens (primary N) is 1. The van der Waals surface area contributed by atoms with Gasteiger partial charge in [0.05, 0.1) is 0 Å². The highest BCUT2D eigenvalue weighted by Crippen LogP contribution is 2.39. The summed E-state index contributed by atoms with van der Waals surface area (Å²) in [4.78, 5) is 0. The van der Waals surface area contributed by atoms with Crippen LogP contribution in [0.3, 0.4) is 0 Å². The van der Waals surface area contributed by atoms with E-state index in [1.807, 2.05) is 12.1 Å². The Kier molecular flexibility index (Phi) is 2.14. The van der Waals surface area contributed by atoms with Crippen molar-refractivity contribution in [2.45, 2.75) is 25.3 Å². The second kappa shape index (κ2) is 3.52. The highest BCUT2D eigenvalue weighted by Gasteiger charge is 2.25. The first-order valence-corrected chi connectivity index (χ1v) is 5.82. The number of aromatic nitrogens is 1. The quantitative estimate of drug-likeness (QED) is 0.826. The molecule has 0 radical (unpaired) electrons. The zero-order chi connectivity index (χ0) is 11.1. The average molecular weight is 216 g/mol. The van der Waals surface area contributed by atoms with E-state index in [4.69, 9.17) is 5.73 Å². The molecule has 1 saturated carbocycles. The van der Waals surface area contributed by atoms with Crippen molar-refractivity contribution < 1.29 is 5.11 Å². The van der Waals surface area contributed by atoms with Crippen LogP contribution in [0.2, 0.25) is 0 Å². The molecule has 1 aromatic carbocycles. The van der Waals surface area contributed by atoms with Gasteiger partial charge in [0.15, 0.2) is 0 Å². The summed E-state index contributed by atoms with van der Waals surface area (Å²) in [7, 11) is 0. The number of rotatable bonds is 3. The number of aromatic hydroxyl groups is 1. The lowest BCUT2D eigenvalue weighted by Crippen LogP contribution is -2.02. The molecule has 3 N–H and O–H groups in total. The summed E-state index contributed by atoms with van der Waals surface area (Å²) in [5, 5.41) is 10.7. The van der Waals surface area contributed by atoms with Gasteiger partial charge in [-0.2, -0.15) is 0 Å². The summed E-state index contributed by atoms with van der Waals surface area (Å²) in [6.45, 7) is 0.652. The van der Waals surface area contributed by atoms with E-state index >= 15 is 0 Å². The van der Waals surface area contributed by atoms with Crippen LogP contribution >= 0.6 is 0 Å². The molecule has 0 unspecified atom stereocenters. The molecule has 0 atom stereocenters. The van der Waals surface area contributed by atoms with Gasteiger partial charge in [-0.25, -0.2) is 0 Å². The molecular weight excluding hydrogens is 200 g/mol. The third kappa shape index (κ3) is 1.48. The average Bonchev–Trinajstić information content (AvgIpc) is 3.04. The smallest absolute Gasteiger partial charge is 0.116 e. The Bertz CT molecular complexity index is 526. The van der Waals surface area contributed by atoms with Gasteiger partial charge in [0, 0.05) is 23.1 Å². The van der Waals surface area contributed by atoms with E-state index in [0.717, 1.165) is 11.8 Å². The topological polar surface area (TPSA) is 51.2 Å². The minimum Gasteiger partial charge on any atom is -0.508 e. The minimum atomic E-state index is 0.333. The van der Waals surface area contributed by atoms with Gasteiger partial charge in [-0.05, 0) is 49.6 Å². The second-order valence-electron chi connectivity index (χ2n) is 4.53. The fourth-order valence-electron chi connectivity index (χ4n) is 2.32. The van der Waals surface area contributed by atoms with Crippen LogP contribution in [0.25, 0.3) is 10.9 Å². The Balaban J connectivity index is 2.20. The van der Waals surface area contributed by atoms with Crippen LogP contribution in [-0.4, -0.2) is 16.2 Å². The Morgan fingerprint density at radius 2 is 2.19 bits per heavy atom. The molecule has 1 heterocycles. The Morgan fingerprint density at radius 3 is 2.88 bits per heavy atom. The molecule has 0 saturated heterocycles. The molecular formula is C13H16N2O. The van der Waals surface area contributed by atoms with E-state index in [0.29, 0.717) is 18.3 Å². The maximum atomic E-state index is 9.55. The summed E-state index contributed by atoms with van der Waals surface area (Å²) in [6, 6.07) is 6.27. The summed E-state index contributed by atoms with van der Waals surface area (Å²) in [5.41, 5.74) is 8.09. The number of hydrogen-bond acceptors (Lipinski definition) is 2. The fraction of sp³-hybridized carbons (Fsp3) is 0.385. The van der Waals surface area contributed by atoms with Crippen LogP contribution in [-0.2, 0) is 6.42 Å². The molecule has 84 valence electrons.